The van der Waals surface area contributed by atoms with Gasteiger partial charge >= 0.3 is 5.97 Å². The Morgan fingerprint density at radius 2 is 1.91 bits per heavy atom. The maximum atomic E-state index is 12.0. The number of anilines is 1. The second kappa shape index (κ2) is 6.43. The second-order valence-corrected chi connectivity index (χ2v) is 5.21. The molecule has 0 fully saturated rings. The van der Waals surface area contributed by atoms with Crippen LogP contribution in [0.5, 0.6) is 0 Å². The molecule has 22 heavy (non-hydrogen) atoms. The molecule has 1 aromatic carbocycles. The van der Waals surface area contributed by atoms with Crippen molar-refractivity contribution in [2.24, 2.45) is 0 Å². The lowest BCUT2D eigenvalue weighted by Crippen LogP contribution is -2.15. The van der Waals surface area contributed by atoms with Crippen molar-refractivity contribution in [2.75, 3.05) is 5.32 Å². The molecule has 1 amide bonds. The molecule has 116 valence electrons. The smallest absolute Gasteiger partial charge is 0.310 e. The van der Waals surface area contributed by atoms with E-state index >= 15 is 0 Å². The first-order chi connectivity index (χ1) is 10.4. The topological polar surface area (TPSA) is 92.4 Å². The standard InChI is InChI=1S/C16H18N2O4/c1-9(16(20)21)12-4-6-13(7-5-12)17-15(19)8-14-10(2)18-22-11(14)3/h4-7,9H,8H2,1-3H3,(H,17,19)(H,20,21). The number of amides is 1. The van der Waals surface area contributed by atoms with E-state index < -0.39 is 11.9 Å². The monoisotopic (exact) mass is 302 g/mol. The molecule has 2 aromatic rings. The lowest BCUT2D eigenvalue weighted by molar-refractivity contribution is -0.138. The molecule has 0 saturated heterocycles. The zero-order valence-corrected chi connectivity index (χ0v) is 12.7. The van der Waals surface area contributed by atoms with Gasteiger partial charge in [0.05, 0.1) is 18.0 Å². The molecule has 6 nitrogen and oxygen atoms in total. The SMILES string of the molecule is Cc1noc(C)c1CC(=O)Nc1ccc(C(C)C(=O)O)cc1. The third kappa shape index (κ3) is 3.52. The quantitative estimate of drug-likeness (QED) is 0.885. The highest BCUT2D eigenvalue weighted by molar-refractivity contribution is 5.92. The largest absolute Gasteiger partial charge is 0.481 e. The fourth-order valence-corrected chi connectivity index (χ4v) is 2.12. The van der Waals surface area contributed by atoms with Crippen molar-refractivity contribution in [3.8, 4) is 0 Å². The number of aryl methyl sites for hydroxylation is 2. The third-order valence-electron chi connectivity index (χ3n) is 3.58. The number of hydrogen-bond donors (Lipinski definition) is 2. The molecule has 1 aromatic heterocycles. The van der Waals surface area contributed by atoms with Gasteiger partial charge in [0.2, 0.25) is 5.91 Å². The van der Waals surface area contributed by atoms with Crippen LogP contribution in [0.15, 0.2) is 28.8 Å². The summed E-state index contributed by atoms with van der Waals surface area (Å²) in [4.78, 5) is 23.0. The maximum Gasteiger partial charge on any atom is 0.310 e. The van der Waals surface area contributed by atoms with Crippen LogP contribution < -0.4 is 5.32 Å². The van der Waals surface area contributed by atoms with E-state index in [0.717, 1.165) is 5.56 Å². The highest BCUT2D eigenvalue weighted by Crippen LogP contribution is 2.19. The first-order valence-electron chi connectivity index (χ1n) is 6.93. The molecule has 1 heterocycles. The Kier molecular flexibility index (Phi) is 4.60. The average molecular weight is 302 g/mol. The molecule has 0 bridgehead atoms. The van der Waals surface area contributed by atoms with Crippen LogP contribution in [-0.4, -0.2) is 22.1 Å². The van der Waals surface area contributed by atoms with E-state index in [-0.39, 0.29) is 12.3 Å². The van der Waals surface area contributed by atoms with Crippen molar-refractivity contribution in [3.05, 3.63) is 46.8 Å². The lowest BCUT2D eigenvalue weighted by atomic mass is 10.0. The summed E-state index contributed by atoms with van der Waals surface area (Å²) in [6, 6.07) is 6.79. The lowest BCUT2D eigenvalue weighted by Gasteiger charge is -2.09. The Hall–Kier alpha value is -2.63. The van der Waals surface area contributed by atoms with E-state index in [4.69, 9.17) is 9.63 Å². The number of aromatic nitrogens is 1. The van der Waals surface area contributed by atoms with Crippen LogP contribution >= 0.6 is 0 Å². The van der Waals surface area contributed by atoms with Gasteiger partial charge < -0.3 is 14.9 Å². The molecule has 1 atom stereocenters. The van der Waals surface area contributed by atoms with E-state index in [2.05, 4.69) is 10.5 Å². The molecule has 0 aliphatic heterocycles. The van der Waals surface area contributed by atoms with Crippen molar-refractivity contribution in [1.29, 1.82) is 0 Å². The Bertz CT molecular complexity index is 669. The predicted molar refractivity (Wildman–Crippen MR) is 80.8 cm³/mol. The van der Waals surface area contributed by atoms with E-state index in [1.807, 2.05) is 0 Å². The molecule has 0 radical (unpaired) electrons. The zero-order valence-electron chi connectivity index (χ0n) is 12.7. The number of carbonyl (C=O) groups excluding carboxylic acids is 1. The molecule has 0 aliphatic carbocycles. The van der Waals surface area contributed by atoms with Gasteiger partial charge in [-0.25, -0.2) is 0 Å². The minimum Gasteiger partial charge on any atom is -0.481 e. The van der Waals surface area contributed by atoms with Gasteiger partial charge in [-0.2, -0.15) is 0 Å². The van der Waals surface area contributed by atoms with Gasteiger partial charge in [0, 0.05) is 11.3 Å². The van der Waals surface area contributed by atoms with E-state index in [1.54, 1.807) is 45.0 Å². The number of rotatable bonds is 5. The van der Waals surface area contributed by atoms with Gasteiger partial charge in [-0.1, -0.05) is 17.3 Å². The molecule has 2 rings (SSSR count). The Morgan fingerprint density at radius 1 is 1.27 bits per heavy atom. The molecule has 0 saturated carbocycles. The van der Waals surface area contributed by atoms with E-state index in [9.17, 15) is 9.59 Å². The number of carboxylic acid groups (broad SMARTS) is 1. The minimum absolute atomic E-state index is 0.173. The number of carbonyl (C=O) groups is 2. The van der Waals surface area contributed by atoms with Crippen LogP contribution in [0.4, 0.5) is 5.69 Å². The van der Waals surface area contributed by atoms with Crippen LogP contribution in [0.2, 0.25) is 0 Å². The van der Waals surface area contributed by atoms with Gasteiger partial charge in [-0.3, -0.25) is 9.59 Å². The summed E-state index contributed by atoms with van der Waals surface area (Å²) >= 11 is 0. The number of nitrogens with one attached hydrogen (secondary N) is 1. The van der Waals surface area contributed by atoms with Crippen LogP contribution in [0.3, 0.4) is 0 Å². The van der Waals surface area contributed by atoms with Crippen molar-refractivity contribution < 1.29 is 19.2 Å². The summed E-state index contributed by atoms with van der Waals surface area (Å²) in [7, 11) is 0. The van der Waals surface area contributed by atoms with Crippen LogP contribution in [0.1, 0.15) is 35.4 Å². The van der Waals surface area contributed by atoms with Crippen molar-refractivity contribution in [2.45, 2.75) is 33.1 Å². The molecule has 0 aliphatic rings. The summed E-state index contributed by atoms with van der Waals surface area (Å²) < 4.78 is 5.03. The highest BCUT2D eigenvalue weighted by Gasteiger charge is 2.15. The maximum absolute atomic E-state index is 12.0. The van der Waals surface area contributed by atoms with Gasteiger partial charge in [0.15, 0.2) is 0 Å². The Balaban J connectivity index is 2.02. The summed E-state index contributed by atoms with van der Waals surface area (Å²) in [5.74, 6) is -0.992. The van der Waals surface area contributed by atoms with Crippen molar-refractivity contribution in [1.82, 2.24) is 5.16 Å². The molecular weight excluding hydrogens is 284 g/mol. The number of aliphatic carboxylic acids is 1. The summed E-state index contributed by atoms with van der Waals surface area (Å²) in [5.41, 5.74) is 2.81. The highest BCUT2D eigenvalue weighted by atomic mass is 16.5. The van der Waals surface area contributed by atoms with Crippen molar-refractivity contribution in [3.63, 3.8) is 0 Å². The molecule has 2 N–H and O–H groups in total. The third-order valence-corrected chi connectivity index (χ3v) is 3.58. The Morgan fingerprint density at radius 3 is 2.41 bits per heavy atom. The first kappa shape index (κ1) is 15.8. The van der Waals surface area contributed by atoms with Gasteiger partial charge in [0.1, 0.15) is 5.76 Å². The number of nitrogens with zero attached hydrogens (tertiary/aromatic N) is 1. The second-order valence-electron chi connectivity index (χ2n) is 5.21. The van der Waals surface area contributed by atoms with Crippen molar-refractivity contribution >= 4 is 17.6 Å². The summed E-state index contributed by atoms with van der Waals surface area (Å²) in [6.07, 6.45) is 0.189. The molecule has 6 heteroatoms. The number of carboxylic acids is 1. The molecule has 0 spiro atoms. The summed E-state index contributed by atoms with van der Waals surface area (Å²) in [6.45, 7) is 5.18. The fourth-order valence-electron chi connectivity index (χ4n) is 2.12. The van der Waals surface area contributed by atoms with Gasteiger partial charge in [-0.05, 0) is 38.5 Å². The van der Waals surface area contributed by atoms with E-state index in [1.165, 1.54) is 0 Å². The number of benzene rings is 1. The molecule has 1 unspecified atom stereocenters. The van der Waals surface area contributed by atoms with Crippen LogP contribution in [0.25, 0.3) is 0 Å². The molecular formula is C16H18N2O4. The van der Waals surface area contributed by atoms with Crippen LogP contribution in [-0.2, 0) is 16.0 Å². The fraction of sp³-hybridized carbons (Fsp3) is 0.312. The minimum atomic E-state index is -0.879. The summed E-state index contributed by atoms with van der Waals surface area (Å²) in [5, 5.41) is 15.5. The number of hydrogen-bond acceptors (Lipinski definition) is 4. The normalized spacial score (nSPS) is 12.0. The van der Waals surface area contributed by atoms with Gasteiger partial charge in [0.25, 0.3) is 0 Å². The zero-order chi connectivity index (χ0) is 16.3. The Labute approximate surface area is 128 Å². The average Bonchev–Trinajstić information content (AvgIpc) is 2.79. The van der Waals surface area contributed by atoms with Crippen LogP contribution in [0, 0.1) is 13.8 Å². The first-order valence-corrected chi connectivity index (χ1v) is 6.93. The predicted octanol–water partition coefficient (Wildman–Crippen LogP) is 2.66. The van der Waals surface area contributed by atoms with E-state index in [0.29, 0.717) is 22.7 Å². The van der Waals surface area contributed by atoms with Gasteiger partial charge in [-0.15, -0.1) is 0 Å².